The second-order valence-electron chi connectivity index (χ2n) is 2.40. The lowest BCUT2D eigenvalue weighted by Crippen LogP contribution is -1.79. The fourth-order valence-corrected chi connectivity index (χ4v) is 0.733. The predicted molar refractivity (Wildman–Crippen MR) is 43.3 cm³/mol. The smallest absolute Gasteiger partial charge is 0.0323 e. The van der Waals surface area contributed by atoms with Gasteiger partial charge in [0.1, 0.15) is 0 Å². The van der Waals surface area contributed by atoms with Gasteiger partial charge >= 0.3 is 0 Å². The second-order valence-corrected chi connectivity index (χ2v) is 2.40. The van der Waals surface area contributed by atoms with Crippen LogP contribution in [0, 0.1) is 6.42 Å². The van der Waals surface area contributed by atoms with Gasteiger partial charge in [0.15, 0.2) is 0 Å². The molecule has 0 saturated heterocycles. The summed E-state index contributed by atoms with van der Waals surface area (Å²) < 4.78 is 0. The van der Waals surface area contributed by atoms with E-state index in [0.29, 0.717) is 0 Å². The van der Waals surface area contributed by atoms with E-state index in [1.165, 1.54) is 24.8 Å². The van der Waals surface area contributed by atoms with E-state index < -0.39 is 0 Å². The summed E-state index contributed by atoms with van der Waals surface area (Å²) >= 11 is 0. The molecule has 0 spiro atoms. The Morgan fingerprint density at radius 1 is 1.56 bits per heavy atom. The van der Waals surface area contributed by atoms with Crippen molar-refractivity contribution in [3.8, 4) is 0 Å². The molecule has 0 aromatic rings. The van der Waals surface area contributed by atoms with E-state index in [4.69, 9.17) is 0 Å². The zero-order chi connectivity index (χ0) is 7.11. The maximum atomic E-state index is 3.93. The van der Waals surface area contributed by atoms with Crippen molar-refractivity contribution >= 4 is 0 Å². The molecule has 0 unspecified atom stereocenters. The Morgan fingerprint density at radius 2 is 2.22 bits per heavy atom. The van der Waals surface area contributed by atoms with Crippen molar-refractivity contribution in [3.05, 3.63) is 18.6 Å². The fourth-order valence-electron chi connectivity index (χ4n) is 0.733. The highest BCUT2D eigenvalue weighted by molar-refractivity contribution is 4.92. The molecule has 1 radical (unpaired) electrons. The fraction of sp³-hybridized carbons (Fsp3) is 0.667. The molecule has 0 nitrogen and oxygen atoms in total. The molecule has 0 amide bonds. The Hall–Kier alpha value is -0.260. The van der Waals surface area contributed by atoms with Crippen LogP contribution in [0.2, 0.25) is 0 Å². The van der Waals surface area contributed by atoms with Crippen molar-refractivity contribution in [1.82, 2.24) is 0 Å². The lowest BCUT2D eigenvalue weighted by Gasteiger charge is -1.98. The van der Waals surface area contributed by atoms with Crippen LogP contribution in [-0.4, -0.2) is 0 Å². The van der Waals surface area contributed by atoms with E-state index >= 15 is 0 Å². The first kappa shape index (κ1) is 8.74. The van der Waals surface area contributed by atoms with Gasteiger partial charge in [0.05, 0.1) is 0 Å². The molecule has 0 aliphatic carbocycles. The minimum absolute atomic E-state index is 1.14. The third kappa shape index (κ3) is 5.61. The molecule has 0 heterocycles. The Labute approximate surface area is 59.0 Å². The van der Waals surface area contributed by atoms with Gasteiger partial charge in [-0.15, -0.1) is 0 Å². The Bertz CT molecular complexity index is 72.1. The zero-order valence-corrected chi connectivity index (χ0v) is 6.61. The van der Waals surface area contributed by atoms with E-state index in [-0.39, 0.29) is 0 Å². The van der Waals surface area contributed by atoms with Crippen LogP contribution >= 0.6 is 0 Å². The Balaban J connectivity index is 2.97. The van der Waals surface area contributed by atoms with Crippen molar-refractivity contribution in [2.45, 2.75) is 39.5 Å². The molecule has 0 aromatic carbocycles. The highest BCUT2D eigenvalue weighted by Gasteiger charge is 1.88. The quantitative estimate of drug-likeness (QED) is 0.390. The molecule has 0 aliphatic rings. The van der Waals surface area contributed by atoms with Gasteiger partial charge in [-0.25, -0.2) is 0 Å². The van der Waals surface area contributed by atoms with Crippen LogP contribution in [-0.2, 0) is 0 Å². The maximum absolute atomic E-state index is 3.93. The summed E-state index contributed by atoms with van der Waals surface area (Å²) in [6.45, 7) is 8.20. The summed E-state index contributed by atoms with van der Waals surface area (Å²) in [4.78, 5) is 0. The van der Waals surface area contributed by atoms with Gasteiger partial charge in [0, 0.05) is 0 Å². The summed E-state index contributed by atoms with van der Waals surface area (Å²) in [5.74, 6) is 0. The first-order valence-electron chi connectivity index (χ1n) is 3.75. The van der Waals surface area contributed by atoms with Gasteiger partial charge in [-0.3, -0.25) is 0 Å². The Kier molecular flexibility index (Phi) is 5.70. The molecule has 53 valence electrons. The number of unbranched alkanes of at least 4 members (excludes halogenated alkanes) is 2. The van der Waals surface area contributed by atoms with Crippen LogP contribution < -0.4 is 0 Å². The summed E-state index contributed by atoms with van der Waals surface area (Å²) in [6, 6.07) is 0. The number of rotatable bonds is 5. The lowest BCUT2D eigenvalue weighted by molar-refractivity contribution is 0.780. The van der Waals surface area contributed by atoms with Gasteiger partial charge in [0.25, 0.3) is 0 Å². The number of allylic oxidation sites excluding steroid dienone is 1. The molecule has 0 aromatic heterocycles. The summed E-state index contributed by atoms with van der Waals surface area (Å²) in [5, 5.41) is 0. The molecule has 0 bridgehead atoms. The van der Waals surface area contributed by atoms with Crippen LogP contribution in [0.4, 0.5) is 0 Å². The van der Waals surface area contributed by atoms with Crippen LogP contribution in [0.1, 0.15) is 39.5 Å². The molecular formula is C9H17. The molecule has 0 N–H and O–H groups in total. The predicted octanol–water partition coefficient (Wildman–Crippen LogP) is 3.35. The van der Waals surface area contributed by atoms with Crippen LogP contribution in [0.15, 0.2) is 12.2 Å². The highest BCUT2D eigenvalue weighted by atomic mass is 13.9. The second kappa shape index (κ2) is 5.87. The van der Waals surface area contributed by atoms with Crippen molar-refractivity contribution in [2.75, 3.05) is 0 Å². The minimum Gasteiger partial charge on any atom is -0.0999 e. The maximum Gasteiger partial charge on any atom is -0.0323 e. The number of hydrogen-bond donors (Lipinski definition) is 0. The van der Waals surface area contributed by atoms with Gasteiger partial charge in [-0.05, 0) is 25.7 Å². The van der Waals surface area contributed by atoms with Crippen molar-refractivity contribution in [1.29, 1.82) is 0 Å². The standard InChI is InChI=1S/C9H17/c1-4-6-7-8-9(3)5-2/h4H,3,5-8H2,1-2H3. The van der Waals surface area contributed by atoms with Gasteiger partial charge in [0.2, 0.25) is 0 Å². The SMILES string of the molecule is C=C(CC)CCC[CH]C. The average molecular weight is 125 g/mol. The summed E-state index contributed by atoms with van der Waals surface area (Å²) in [5.41, 5.74) is 1.39. The largest absolute Gasteiger partial charge is 0.0999 e. The molecule has 0 heteroatoms. The molecular weight excluding hydrogens is 108 g/mol. The normalized spacial score (nSPS) is 9.56. The van der Waals surface area contributed by atoms with Gasteiger partial charge < -0.3 is 0 Å². The van der Waals surface area contributed by atoms with Crippen LogP contribution in [0.3, 0.4) is 0 Å². The zero-order valence-electron chi connectivity index (χ0n) is 6.61. The van der Waals surface area contributed by atoms with E-state index in [2.05, 4.69) is 26.8 Å². The molecule has 0 fully saturated rings. The van der Waals surface area contributed by atoms with Gasteiger partial charge in [-0.1, -0.05) is 32.4 Å². The molecule has 0 atom stereocenters. The molecule has 0 aliphatic heterocycles. The third-order valence-corrected chi connectivity index (χ3v) is 1.52. The van der Waals surface area contributed by atoms with Crippen molar-refractivity contribution in [2.24, 2.45) is 0 Å². The minimum atomic E-state index is 1.14. The summed E-state index contributed by atoms with van der Waals surface area (Å²) in [6.07, 6.45) is 7.08. The Morgan fingerprint density at radius 3 is 2.67 bits per heavy atom. The van der Waals surface area contributed by atoms with Crippen molar-refractivity contribution in [3.63, 3.8) is 0 Å². The van der Waals surface area contributed by atoms with E-state index in [9.17, 15) is 0 Å². The average Bonchev–Trinajstić information content (AvgIpc) is 1.89. The first-order chi connectivity index (χ1) is 4.31. The number of hydrogen-bond acceptors (Lipinski definition) is 0. The first-order valence-corrected chi connectivity index (χ1v) is 3.75. The lowest BCUT2D eigenvalue weighted by atomic mass is 10.1. The highest BCUT2D eigenvalue weighted by Crippen LogP contribution is 2.08. The van der Waals surface area contributed by atoms with Crippen LogP contribution in [0.25, 0.3) is 0 Å². The summed E-state index contributed by atoms with van der Waals surface area (Å²) in [7, 11) is 0. The molecule has 0 rings (SSSR count). The van der Waals surface area contributed by atoms with Crippen LogP contribution in [0.5, 0.6) is 0 Å². The third-order valence-electron chi connectivity index (χ3n) is 1.52. The van der Waals surface area contributed by atoms with E-state index in [1.54, 1.807) is 0 Å². The van der Waals surface area contributed by atoms with Gasteiger partial charge in [-0.2, -0.15) is 0 Å². The molecule has 9 heavy (non-hydrogen) atoms. The van der Waals surface area contributed by atoms with Crippen molar-refractivity contribution < 1.29 is 0 Å². The van der Waals surface area contributed by atoms with E-state index in [1.807, 2.05) is 0 Å². The topological polar surface area (TPSA) is 0 Å². The monoisotopic (exact) mass is 125 g/mol. The molecule has 0 saturated carbocycles. The van der Waals surface area contributed by atoms with E-state index in [0.717, 1.165) is 6.42 Å².